The molecule has 2 heterocycles. The van der Waals surface area contributed by atoms with Crippen molar-refractivity contribution in [2.24, 2.45) is 0 Å². The van der Waals surface area contributed by atoms with E-state index in [9.17, 15) is 13.6 Å². The van der Waals surface area contributed by atoms with Gasteiger partial charge in [0.25, 0.3) is 0 Å². The number of benzene rings is 2. The van der Waals surface area contributed by atoms with Gasteiger partial charge in [0.05, 0.1) is 19.9 Å². The number of hydrogen-bond donors (Lipinski definition) is 1. The SMILES string of the molecule is COC(=O)c1[nH]c2c(c1-c1cc(F)cc(OC)c1)COc1ccc(F)cc1-2. The lowest BCUT2D eigenvalue weighted by Crippen LogP contribution is -2.06. The topological polar surface area (TPSA) is 60.6 Å². The summed E-state index contributed by atoms with van der Waals surface area (Å²) in [5, 5.41) is 0. The van der Waals surface area contributed by atoms with E-state index in [1.807, 2.05) is 0 Å². The maximum Gasteiger partial charge on any atom is 0.355 e. The fourth-order valence-corrected chi connectivity index (χ4v) is 3.29. The molecule has 1 aliphatic rings. The van der Waals surface area contributed by atoms with E-state index < -0.39 is 17.6 Å². The second-order valence-corrected chi connectivity index (χ2v) is 6.03. The molecule has 0 spiro atoms. The van der Waals surface area contributed by atoms with E-state index in [0.29, 0.717) is 39.4 Å². The van der Waals surface area contributed by atoms with Crippen LogP contribution in [0.15, 0.2) is 36.4 Å². The first kappa shape index (κ1) is 17.1. The number of halogens is 2. The number of methoxy groups -OCH3 is 2. The Balaban J connectivity index is 2.00. The fraction of sp³-hybridized carbons (Fsp3) is 0.150. The Morgan fingerprint density at radius 2 is 1.93 bits per heavy atom. The molecule has 4 rings (SSSR count). The summed E-state index contributed by atoms with van der Waals surface area (Å²) in [6.07, 6.45) is 0. The predicted octanol–water partition coefficient (Wildman–Crippen LogP) is 4.31. The highest BCUT2D eigenvalue weighted by atomic mass is 19.1. The molecule has 27 heavy (non-hydrogen) atoms. The number of nitrogens with one attached hydrogen (secondary N) is 1. The minimum atomic E-state index is -0.624. The average Bonchev–Trinajstić information content (AvgIpc) is 3.06. The van der Waals surface area contributed by atoms with Gasteiger partial charge in [0.2, 0.25) is 0 Å². The van der Waals surface area contributed by atoms with Crippen molar-refractivity contribution in [3.05, 3.63) is 59.3 Å². The maximum absolute atomic E-state index is 14.1. The number of H-pyrrole nitrogens is 1. The van der Waals surface area contributed by atoms with E-state index in [2.05, 4.69) is 4.98 Å². The number of esters is 1. The molecule has 5 nitrogen and oxygen atoms in total. The molecule has 1 N–H and O–H groups in total. The number of ether oxygens (including phenoxy) is 3. The Labute approximate surface area is 153 Å². The van der Waals surface area contributed by atoms with Gasteiger partial charge in [0.1, 0.15) is 35.4 Å². The first-order chi connectivity index (χ1) is 13.0. The van der Waals surface area contributed by atoms with Gasteiger partial charge in [-0.3, -0.25) is 0 Å². The lowest BCUT2D eigenvalue weighted by atomic mass is 9.96. The van der Waals surface area contributed by atoms with Gasteiger partial charge in [-0.05, 0) is 35.9 Å². The first-order valence-corrected chi connectivity index (χ1v) is 8.12. The number of carbonyl (C=O) groups excluding carboxylic acids is 1. The van der Waals surface area contributed by atoms with Gasteiger partial charge >= 0.3 is 5.97 Å². The minimum absolute atomic E-state index is 0.135. The molecule has 7 heteroatoms. The van der Waals surface area contributed by atoms with Crippen molar-refractivity contribution in [2.45, 2.75) is 6.61 Å². The molecule has 0 amide bonds. The van der Waals surface area contributed by atoms with Crippen LogP contribution in [0, 0.1) is 11.6 Å². The van der Waals surface area contributed by atoms with Crippen LogP contribution in [0.5, 0.6) is 11.5 Å². The summed E-state index contributed by atoms with van der Waals surface area (Å²) in [5.74, 6) is -0.781. The highest BCUT2D eigenvalue weighted by Gasteiger charge is 2.29. The monoisotopic (exact) mass is 371 g/mol. The summed E-state index contributed by atoms with van der Waals surface area (Å²) >= 11 is 0. The minimum Gasteiger partial charge on any atom is -0.497 e. The molecule has 0 saturated heterocycles. The zero-order valence-electron chi connectivity index (χ0n) is 14.6. The zero-order chi connectivity index (χ0) is 19.1. The van der Waals surface area contributed by atoms with Crippen molar-refractivity contribution in [1.82, 2.24) is 4.98 Å². The Morgan fingerprint density at radius 1 is 1.11 bits per heavy atom. The van der Waals surface area contributed by atoms with E-state index in [-0.39, 0.29) is 12.3 Å². The normalized spacial score (nSPS) is 12.0. The van der Waals surface area contributed by atoms with Crippen LogP contribution in [0.1, 0.15) is 16.1 Å². The van der Waals surface area contributed by atoms with Crippen LogP contribution in [-0.4, -0.2) is 25.2 Å². The summed E-state index contributed by atoms with van der Waals surface area (Å²) in [5.41, 5.74) is 2.63. The fourth-order valence-electron chi connectivity index (χ4n) is 3.29. The van der Waals surface area contributed by atoms with Crippen LogP contribution in [0.4, 0.5) is 8.78 Å². The molecule has 0 radical (unpaired) electrons. The van der Waals surface area contributed by atoms with Crippen molar-refractivity contribution in [1.29, 1.82) is 0 Å². The molecule has 0 unspecified atom stereocenters. The van der Waals surface area contributed by atoms with Crippen molar-refractivity contribution in [3.8, 4) is 33.9 Å². The van der Waals surface area contributed by atoms with E-state index in [1.165, 1.54) is 44.6 Å². The summed E-state index contributed by atoms with van der Waals surface area (Å²) in [4.78, 5) is 15.4. The Bertz CT molecular complexity index is 1060. The van der Waals surface area contributed by atoms with Crippen molar-refractivity contribution in [3.63, 3.8) is 0 Å². The lowest BCUT2D eigenvalue weighted by molar-refractivity contribution is 0.0596. The van der Waals surface area contributed by atoms with Gasteiger partial charge < -0.3 is 19.2 Å². The Morgan fingerprint density at radius 3 is 2.67 bits per heavy atom. The van der Waals surface area contributed by atoms with Gasteiger partial charge in [0, 0.05) is 22.8 Å². The predicted molar refractivity (Wildman–Crippen MR) is 93.8 cm³/mol. The molecule has 0 fully saturated rings. The number of rotatable bonds is 3. The van der Waals surface area contributed by atoms with E-state index in [1.54, 1.807) is 6.07 Å². The maximum atomic E-state index is 14.1. The summed E-state index contributed by atoms with van der Waals surface area (Å²) in [7, 11) is 2.68. The quantitative estimate of drug-likeness (QED) is 0.697. The van der Waals surface area contributed by atoms with Crippen LogP contribution < -0.4 is 9.47 Å². The first-order valence-electron chi connectivity index (χ1n) is 8.12. The summed E-state index contributed by atoms with van der Waals surface area (Å²) < 4.78 is 43.5. The molecular weight excluding hydrogens is 356 g/mol. The smallest absolute Gasteiger partial charge is 0.355 e. The van der Waals surface area contributed by atoms with Crippen LogP contribution >= 0.6 is 0 Å². The largest absolute Gasteiger partial charge is 0.497 e. The number of fused-ring (bicyclic) bond motifs is 3. The van der Waals surface area contributed by atoms with Crippen molar-refractivity contribution in [2.75, 3.05) is 14.2 Å². The Kier molecular flexibility index (Phi) is 4.07. The van der Waals surface area contributed by atoms with Gasteiger partial charge in [-0.1, -0.05) is 0 Å². The average molecular weight is 371 g/mol. The van der Waals surface area contributed by atoms with E-state index >= 15 is 0 Å². The van der Waals surface area contributed by atoms with Crippen LogP contribution in [0.25, 0.3) is 22.4 Å². The molecule has 3 aromatic rings. The molecule has 0 saturated carbocycles. The van der Waals surface area contributed by atoms with Gasteiger partial charge in [-0.2, -0.15) is 0 Å². The van der Waals surface area contributed by atoms with Gasteiger partial charge in [0.15, 0.2) is 0 Å². The van der Waals surface area contributed by atoms with Gasteiger partial charge in [-0.15, -0.1) is 0 Å². The number of hydrogen-bond acceptors (Lipinski definition) is 4. The third-order valence-corrected chi connectivity index (χ3v) is 4.47. The van der Waals surface area contributed by atoms with Crippen LogP contribution in [0.3, 0.4) is 0 Å². The molecule has 138 valence electrons. The lowest BCUT2D eigenvalue weighted by Gasteiger charge is -2.19. The highest BCUT2D eigenvalue weighted by Crippen LogP contribution is 2.44. The van der Waals surface area contributed by atoms with Crippen molar-refractivity contribution >= 4 is 5.97 Å². The highest BCUT2D eigenvalue weighted by molar-refractivity contribution is 6.00. The van der Waals surface area contributed by atoms with E-state index in [4.69, 9.17) is 14.2 Å². The van der Waals surface area contributed by atoms with Crippen LogP contribution in [-0.2, 0) is 11.3 Å². The van der Waals surface area contributed by atoms with Gasteiger partial charge in [-0.25, -0.2) is 13.6 Å². The second kappa shape index (κ2) is 6.42. The third-order valence-electron chi connectivity index (χ3n) is 4.47. The summed E-state index contributed by atoms with van der Waals surface area (Å²) in [6.45, 7) is 0.135. The molecule has 0 aliphatic carbocycles. The van der Waals surface area contributed by atoms with E-state index in [0.717, 1.165) is 0 Å². The van der Waals surface area contributed by atoms with Crippen molar-refractivity contribution < 1.29 is 27.8 Å². The standard InChI is InChI=1S/C20H15F2NO4/c1-25-13-6-10(5-12(22)7-13)17-15-9-27-16-4-3-11(21)8-14(16)18(15)23-19(17)20(24)26-2/h3-8,23H,9H2,1-2H3. The second-order valence-electron chi connectivity index (χ2n) is 6.03. The molecule has 1 aliphatic heterocycles. The molecular formula is C20H15F2NO4. The third kappa shape index (κ3) is 2.81. The molecule has 1 aromatic heterocycles. The molecule has 0 atom stereocenters. The number of carbonyl (C=O) groups is 1. The molecule has 2 aromatic carbocycles. The zero-order valence-corrected chi connectivity index (χ0v) is 14.6. The molecule has 0 bridgehead atoms. The summed E-state index contributed by atoms with van der Waals surface area (Å²) in [6, 6.07) is 8.28. The number of aromatic nitrogens is 1. The van der Waals surface area contributed by atoms with Crippen LogP contribution in [0.2, 0.25) is 0 Å². The Hall–Kier alpha value is -3.35. The number of aromatic amines is 1.